The van der Waals surface area contributed by atoms with E-state index < -0.39 is 0 Å². The number of hydrogen-bond donors (Lipinski definition) is 4. The Morgan fingerprint density at radius 3 is 2.76 bits per heavy atom. The highest BCUT2D eigenvalue weighted by Crippen LogP contribution is 2.34. The van der Waals surface area contributed by atoms with Gasteiger partial charge in [-0.3, -0.25) is 20.0 Å². The largest absolute Gasteiger partial charge is 0.338 e. The van der Waals surface area contributed by atoms with E-state index in [0.29, 0.717) is 24.5 Å². The number of nitriles is 1. The van der Waals surface area contributed by atoms with Crippen LogP contribution in [0.4, 0.5) is 5.82 Å². The van der Waals surface area contributed by atoms with Crippen LogP contribution in [-0.4, -0.2) is 61.5 Å². The van der Waals surface area contributed by atoms with E-state index in [0.717, 1.165) is 48.0 Å². The minimum atomic E-state index is -0.246. The summed E-state index contributed by atoms with van der Waals surface area (Å²) in [4.78, 5) is 7.54. The number of piperidine rings is 2. The lowest BCUT2D eigenvalue weighted by molar-refractivity contribution is 0.0237. The third-order valence-electron chi connectivity index (χ3n) is 6.81. The van der Waals surface area contributed by atoms with Gasteiger partial charge < -0.3 is 10.6 Å². The molecule has 10 heteroatoms. The van der Waals surface area contributed by atoms with Gasteiger partial charge >= 0.3 is 0 Å². The van der Waals surface area contributed by atoms with Crippen molar-refractivity contribution in [3.8, 4) is 6.07 Å². The highest BCUT2D eigenvalue weighted by atomic mass is 15.3. The summed E-state index contributed by atoms with van der Waals surface area (Å²) in [6.07, 6.45) is 12.1. The zero-order valence-corrected chi connectivity index (χ0v) is 19.3. The Kier molecular flexibility index (Phi) is 6.15. The van der Waals surface area contributed by atoms with Crippen molar-refractivity contribution in [2.75, 3.05) is 11.9 Å². The molecule has 2 bridgehead atoms. The van der Waals surface area contributed by atoms with Gasteiger partial charge in [-0.1, -0.05) is 6.42 Å². The molecule has 0 aromatic carbocycles. The van der Waals surface area contributed by atoms with Gasteiger partial charge in [0.15, 0.2) is 12.1 Å². The molecule has 2 saturated heterocycles. The van der Waals surface area contributed by atoms with Crippen LogP contribution in [0.3, 0.4) is 0 Å². The molecule has 3 aliphatic rings. The maximum Gasteiger partial charge on any atom is 0.175 e. The fourth-order valence-electron chi connectivity index (χ4n) is 5.40. The topological polar surface area (TPSA) is 122 Å². The average molecular weight is 449 g/mol. The predicted molar refractivity (Wildman–Crippen MR) is 126 cm³/mol. The van der Waals surface area contributed by atoms with Crippen LogP contribution in [0.25, 0.3) is 0 Å². The number of nitrogens with zero attached hydrogens (tertiary/aromatic N) is 6. The van der Waals surface area contributed by atoms with Crippen molar-refractivity contribution in [3.05, 3.63) is 41.6 Å². The van der Waals surface area contributed by atoms with E-state index in [4.69, 9.17) is 10.3 Å². The monoisotopic (exact) mass is 448 g/mol. The third-order valence-corrected chi connectivity index (χ3v) is 6.81. The quantitative estimate of drug-likeness (QED) is 0.511. The number of aryl methyl sites for hydroxylation is 2. The molecule has 2 aromatic rings. The number of aromatic amines is 1. The van der Waals surface area contributed by atoms with Crippen LogP contribution in [0.15, 0.2) is 35.3 Å². The zero-order chi connectivity index (χ0) is 22.8. The van der Waals surface area contributed by atoms with Crippen LogP contribution in [0.5, 0.6) is 0 Å². The maximum absolute atomic E-state index is 9.05. The van der Waals surface area contributed by atoms with Crippen molar-refractivity contribution in [2.24, 2.45) is 12.0 Å². The van der Waals surface area contributed by atoms with Crippen LogP contribution in [0.2, 0.25) is 0 Å². The van der Waals surface area contributed by atoms with Gasteiger partial charge in [0.05, 0.1) is 18.0 Å². The van der Waals surface area contributed by atoms with Crippen molar-refractivity contribution in [1.29, 1.82) is 5.26 Å². The van der Waals surface area contributed by atoms with Crippen LogP contribution in [-0.2, 0) is 7.05 Å². The Labute approximate surface area is 194 Å². The molecule has 5 rings (SSSR count). The Hall–Kier alpha value is -3.16. The Morgan fingerprint density at radius 2 is 2.09 bits per heavy atom. The second-order valence-electron chi connectivity index (χ2n) is 9.30. The van der Waals surface area contributed by atoms with E-state index in [1.54, 1.807) is 4.68 Å². The van der Waals surface area contributed by atoms with E-state index in [-0.39, 0.29) is 6.29 Å². The molecule has 4 atom stereocenters. The van der Waals surface area contributed by atoms with Gasteiger partial charge in [-0.25, -0.2) is 4.99 Å². The van der Waals surface area contributed by atoms with Crippen LogP contribution >= 0.6 is 0 Å². The highest BCUT2D eigenvalue weighted by Gasteiger charge is 2.38. The number of anilines is 1. The van der Waals surface area contributed by atoms with Gasteiger partial charge in [0.1, 0.15) is 5.82 Å². The number of fused-ring (bicyclic) bond motifs is 2. The summed E-state index contributed by atoms with van der Waals surface area (Å²) < 4.78 is 1.79. The first-order valence-corrected chi connectivity index (χ1v) is 11.8. The molecule has 1 unspecified atom stereocenters. The molecule has 2 aromatic heterocycles. The number of aliphatic imine (C=N–C) groups is 1. The van der Waals surface area contributed by atoms with Gasteiger partial charge in [0.2, 0.25) is 0 Å². The molecular formula is C23H32N10. The Bertz CT molecular complexity index is 1060. The van der Waals surface area contributed by atoms with E-state index in [9.17, 15) is 0 Å². The summed E-state index contributed by atoms with van der Waals surface area (Å²) in [5.74, 6) is 1.61. The maximum atomic E-state index is 9.05. The molecule has 0 amide bonds. The molecule has 10 nitrogen and oxygen atoms in total. The molecule has 33 heavy (non-hydrogen) atoms. The summed E-state index contributed by atoms with van der Waals surface area (Å²) >= 11 is 0. The van der Waals surface area contributed by atoms with Crippen molar-refractivity contribution in [1.82, 2.24) is 35.5 Å². The van der Waals surface area contributed by atoms with E-state index >= 15 is 0 Å². The second kappa shape index (κ2) is 9.37. The highest BCUT2D eigenvalue weighted by molar-refractivity contribution is 6.09. The lowest BCUT2D eigenvalue weighted by Crippen LogP contribution is -2.59. The van der Waals surface area contributed by atoms with E-state index in [1.807, 2.05) is 38.5 Å². The van der Waals surface area contributed by atoms with Crippen molar-refractivity contribution in [3.63, 3.8) is 0 Å². The average Bonchev–Trinajstić information content (AvgIpc) is 3.40. The number of nitrogens with one attached hydrogen (secondary N) is 4. The van der Waals surface area contributed by atoms with Gasteiger partial charge in [-0.2, -0.15) is 15.5 Å². The molecule has 5 heterocycles. The predicted octanol–water partition coefficient (Wildman–Crippen LogP) is 1.97. The van der Waals surface area contributed by atoms with E-state index in [1.165, 1.54) is 19.3 Å². The van der Waals surface area contributed by atoms with Crippen molar-refractivity contribution in [2.45, 2.75) is 69.9 Å². The van der Waals surface area contributed by atoms with Gasteiger partial charge in [0, 0.05) is 67.7 Å². The molecule has 0 spiro atoms. The second-order valence-corrected chi connectivity index (χ2v) is 9.30. The summed E-state index contributed by atoms with van der Waals surface area (Å²) in [5.41, 5.74) is 2.85. The third kappa shape index (κ3) is 4.94. The van der Waals surface area contributed by atoms with Crippen LogP contribution in [0, 0.1) is 18.3 Å². The summed E-state index contributed by atoms with van der Waals surface area (Å²) in [7, 11) is 1.91. The smallest absolute Gasteiger partial charge is 0.175 e. The molecule has 0 radical (unpaired) electrons. The Balaban J connectivity index is 1.31. The molecule has 2 fully saturated rings. The molecule has 0 saturated carbocycles. The molecule has 174 valence electrons. The zero-order valence-electron chi connectivity index (χ0n) is 19.3. The van der Waals surface area contributed by atoms with Crippen molar-refractivity contribution >= 4 is 11.5 Å². The fourth-order valence-corrected chi connectivity index (χ4v) is 5.40. The van der Waals surface area contributed by atoms with Gasteiger partial charge in [-0.05, 0) is 32.6 Å². The Morgan fingerprint density at radius 1 is 1.27 bits per heavy atom. The van der Waals surface area contributed by atoms with Crippen molar-refractivity contribution < 1.29 is 0 Å². The first-order valence-electron chi connectivity index (χ1n) is 11.8. The number of H-pyrrole nitrogens is 1. The normalized spacial score (nSPS) is 27.3. The number of allylic oxidation sites excluding steroid dienone is 1. The van der Waals surface area contributed by atoms with Crippen LogP contribution < -0.4 is 16.0 Å². The molecular weight excluding hydrogens is 416 g/mol. The van der Waals surface area contributed by atoms with Gasteiger partial charge in [0.25, 0.3) is 0 Å². The lowest BCUT2D eigenvalue weighted by Gasteiger charge is -2.49. The minimum absolute atomic E-state index is 0.246. The number of hydrogen-bond acceptors (Lipinski definition) is 8. The standard InChI is InChI=1S/C23H32N10/c1-15-9-22(31-30-15)28-21-12-20(16-13-25-32(2)14-16)27-23(29-21)26-17-10-18-5-3-6-19(11-17)33(18)8-4-7-24/h9,12-14,17-19,23,26,29H,3-6,8,10-11H2,1-2H3,(H2,28,30,31)/t17-,18-,19+,23?. The first-order chi connectivity index (χ1) is 16.1. The molecule has 0 aliphatic carbocycles. The molecule has 3 aliphatic heterocycles. The summed E-state index contributed by atoms with van der Waals surface area (Å²) in [5, 5.41) is 31.3. The summed E-state index contributed by atoms with van der Waals surface area (Å²) in [6, 6.07) is 5.76. The number of aromatic nitrogens is 4. The number of rotatable bonds is 7. The summed E-state index contributed by atoms with van der Waals surface area (Å²) in [6.45, 7) is 2.87. The van der Waals surface area contributed by atoms with Crippen LogP contribution in [0.1, 0.15) is 49.8 Å². The fraction of sp³-hybridized carbons (Fsp3) is 0.565. The minimum Gasteiger partial charge on any atom is -0.338 e. The first kappa shape index (κ1) is 21.7. The van der Waals surface area contributed by atoms with Gasteiger partial charge in [-0.15, -0.1) is 0 Å². The lowest BCUT2D eigenvalue weighted by atomic mass is 9.81. The molecule has 4 N–H and O–H groups in total. The van der Waals surface area contributed by atoms with E-state index in [2.05, 4.69) is 42.2 Å². The SMILES string of the molecule is Cc1cc(NC2=CC(c3cnn(C)c3)=NC(N[C@@H]3C[C@H]4CCC[C@@H](C3)N4CCC#N)N2)n[nH]1.